The van der Waals surface area contributed by atoms with E-state index in [2.05, 4.69) is 4.90 Å². The minimum Gasteiger partial charge on any atom is -0.496 e. The van der Waals surface area contributed by atoms with Crippen molar-refractivity contribution in [3.63, 3.8) is 0 Å². The van der Waals surface area contributed by atoms with E-state index >= 15 is 0 Å². The molecule has 3 nitrogen and oxygen atoms in total. The molecule has 1 aliphatic heterocycles. The van der Waals surface area contributed by atoms with Gasteiger partial charge in [0.05, 0.1) is 13.2 Å². The zero-order valence-electron chi connectivity index (χ0n) is 9.32. The molecule has 1 fully saturated rings. The van der Waals surface area contributed by atoms with Crippen LogP contribution in [-0.4, -0.2) is 36.3 Å². The molecule has 2 rings (SSSR count). The summed E-state index contributed by atoms with van der Waals surface area (Å²) in [5.41, 5.74) is 1.00. The van der Waals surface area contributed by atoms with Crippen LogP contribution in [0.2, 0.25) is 5.02 Å². The largest absolute Gasteiger partial charge is 0.496 e. The van der Waals surface area contributed by atoms with Gasteiger partial charge in [-0.2, -0.15) is 0 Å². The second-order valence-electron chi connectivity index (χ2n) is 4.10. The lowest BCUT2D eigenvalue weighted by Gasteiger charge is -2.18. The first-order valence-electron chi connectivity index (χ1n) is 5.42. The molecule has 0 spiro atoms. The van der Waals surface area contributed by atoms with Crippen molar-refractivity contribution in [3.8, 4) is 5.75 Å². The molecule has 16 heavy (non-hydrogen) atoms. The van der Waals surface area contributed by atoms with Crippen LogP contribution in [0.15, 0.2) is 18.2 Å². The summed E-state index contributed by atoms with van der Waals surface area (Å²) in [5.74, 6) is 0.814. The van der Waals surface area contributed by atoms with Gasteiger partial charge in [-0.1, -0.05) is 17.7 Å². The van der Waals surface area contributed by atoms with E-state index in [1.165, 1.54) is 0 Å². The standard InChI is InChI=1S/C12H16ClNO2/c1-16-12-4-2-3-11(13)10(12)8-14-6-5-9(15)7-14/h2-4,9,15H,5-8H2,1H3/t9-/m1/s1. The highest BCUT2D eigenvalue weighted by molar-refractivity contribution is 6.31. The zero-order chi connectivity index (χ0) is 11.5. The van der Waals surface area contributed by atoms with Gasteiger partial charge in [0.15, 0.2) is 0 Å². The van der Waals surface area contributed by atoms with Gasteiger partial charge in [0, 0.05) is 30.2 Å². The Morgan fingerprint density at radius 2 is 2.38 bits per heavy atom. The highest BCUT2D eigenvalue weighted by Crippen LogP contribution is 2.28. The molecular weight excluding hydrogens is 226 g/mol. The van der Waals surface area contributed by atoms with E-state index in [9.17, 15) is 5.11 Å². The number of likely N-dealkylation sites (tertiary alicyclic amines) is 1. The maximum atomic E-state index is 9.47. The summed E-state index contributed by atoms with van der Waals surface area (Å²) in [5, 5.41) is 10.2. The fourth-order valence-corrected chi connectivity index (χ4v) is 2.29. The van der Waals surface area contributed by atoms with Crippen molar-refractivity contribution in [1.29, 1.82) is 0 Å². The number of ether oxygens (including phenoxy) is 1. The van der Waals surface area contributed by atoms with E-state index in [-0.39, 0.29) is 6.10 Å². The van der Waals surface area contributed by atoms with Crippen molar-refractivity contribution in [1.82, 2.24) is 4.90 Å². The van der Waals surface area contributed by atoms with Crippen LogP contribution < -0.4 is 4.74 Å². The third-order valence-electron chi connectivity index (χ3n) is 2.93. The van der Waals surface area contributed by atoms with Gasteiger partial charge in [-0.05, 0) is 18.6 Å². The van der Waals surface area contributed by atoms with Gasteiger partial charge in [-0.25, -0.2) is 0 Å². The summed E-state index contributed by atoms with van der Waals surface area (Å²) < 4.78 is 5.29. The minimum absolute atomic E-state index is 0.200. The maximum Gasteiger partial charge on any atom is 0.124 e. The molecule has 0 radical (unpaired) electrons. The number of aliphatic hydroxyl groups is 1. The molecule has 4 heteroatoms. The predicted molar refractivity (Wildman–Crippen MR) is 63.9 cm³/mol. The predicted octanol–water partition coefficient (Wildman–Crippen LogP) is 1.92. The normalized spacial score (nSPS) is 21.3. The molecule has 1 aromatic carbocycles. The summed E-state index contributed by atoms with van der Waals surface area (Å²) in [6.07, 6.45) is 0.640. The molecule has 1 aromatic rings. The molecule has 0 bridgehead atoms. The lowest BCUT2D eigenvalue weighted by molar-refractivity contribution is 0.174. The molecule has 1 N–H and O–H groups in total. The van der Waals surface area contributed by atoms with Crippen molar-refractivity contribution in [2.24, 2.45) is 0 Å². The summed E-state index contributed by atoms with van der Waals surface area (Å²) in [4.78, 5) is 2.19. The summed E-state index contributed by atoms with van der Waals surface area (Å²) >= 11 is 6.15. The van der Waals surface area contributed by atoms with Gasteiger partial charge in [0.1, 0.15) is 5.75 Å². The van der Waals surface area contributed by atoms with Crippen molar-refractivity contribution in [2.75, 3.05) is 20.2 Å². The quantitative estimate of drug-likeness (QED) is 0.878. The van der Waals surface area contributed by atoms with Crippen molar-refractivity contribution in [3.05, 3.63) is 28.8 Å². The van der Waals surface area contributed by atoms with Gasteiger partial charge >= 0.3 is 0 Å². The number of methoxy groups -OCH3 is 1. The Balaban J connectivity index is 2.14. The molecule has 1 aliphatic rings. The van der Waals surface area contributed by atoms with Gasteiger partial charge in [0.25, 0.3) is 0 Å². The monoisotopic (exact) mass is 241 g/mol. The lowest BCUT2D eigenvalue weighted by atomic mass is 10.2. The Morgan fingerprint density at radius 3 is 3.00 bits per heavy atom. The summed E-state index contributed by atoms with van der Waals surface area (Å²) in [7, 11) is 1.65. The Bertz CT molecular complexity index is 370. The van der Waals surface area contributed by atoms with Crippen LogP contribution in [0.5, 0.6) is 5.75 Å². The Hall–Kier alpha value is -0.770. The number of β-amino-alcohol motifs (C(OH)–C–C–N with tert-alkyl or cyclic N) is 1. The topological polar surface area (TPSA) is 32.7 Å². The van der Waals surface area contributed by atoms with E-state index in [4.69, 9.17) is 16.3 Å². The Kier molecular flexibility index (Phi) is 3.69. The molecular formula is C12H16ClNO2. The molecule has 0 aliphatic carbocycles. The van der Waals surface area contributed by atoms with E-state index in [0.717, 1.165) is 35.8 Å². The van der Waals surface area contributed by atoms with Crippen molar-refractivity contribution in [2.45, 2.75) is 19.1 Å². The fourth-order valence-electron chi connectivity index (χ4n) is 2.06. The summed E-state index contributed by atoms with van der Waals surface area (Å²) in [6.45, 7) is 2.36. The van der Waals surface area contributed by atoms with Crippen molar-refractivity contribution < 1.29 is 9.84 Å². The van der Waals surface area contributed by atoms with Crippen LogP contribution in [0.4, 0.5) is 0 Å². The Labute approximate surface area is 101 Å². The molecule has 1 heterocycles. The van der Waals surface area contributed by atoms with Crippen LogP contribution in [0, 0.1) is 0 Å². The number of rotatable bonds is 3. The van der Waals surface area contributed by atoms with Crippen molar-refractivity contribution >= 4 is 11.6 Å². The Morgan fingerprint density at radius 1 is 1.56 bits per heavy atom. The first-order chi connectivity index (χ1) is 7.70. The molecule has 88 valence electrons. The van der Waals surface area contributed by atoms with Gasteiger partial charge < -0.3 is 9.84 Å². The van der Waals surface area contributed by atoms with E-state index in [1.54, 1.807) is 7.11 Å². The number of hydrogen-bond donors (Lipinski definition) is 1. The van der Waals surface area contributed by atoms with E-state index in [1.807, 2.05) is 18.2 Å². The smallest absolute Gasteiger partial charge is 0.124 e. The highest BCUT2D eigenvalue weighted by Gasteiger charge is 2.21. The number of benzene rings is 1. The SMILES string of the molecule is COc1cccc(Cl)c1CN1CC[C@@H](O)C1. The van der Waals surface area contributed by atoms with E-state index in [0.29, 0.717) is 6.54 Å². The molecule has 0 amide bonds. The third kappa shape index (κ3) is 2.48. The van der Waals surface area contributed by atoms with E-state index < -0.39 is 0 Å². The fraction of sp³-hybridized carbons (Fsp3) is 0.500. The maximum absolute atomic E-state index is 9.47. The van der Waals surface area contributed by atoms with Gasteiger partial charge in [-0.15, -0.1) is 0 Å². The summed E-state index contributed by atoms with van der Waals surface area (Å²) in [6, 6.07) is 5.66. The number of hydrogen-bond acceptors (Lipinski definition) is 3. The third-order valence-corrected chi connectivity index (χ3v) is 3.28. The number of halogens is 1. The van der Waals surface area contributed by atoms with Crippen LogP contribution in [0.25, 0.3) is 0 Å². The average Bonchev–Trinajstić information content (AvgIpc) is 2.67. The van der Waals surface area contributed by atoms with Gasteiger partial charge in [-0.3, -0.25) is 4.90 Å². The number of aliphatic hydroxyl groups excluding tert-OH is 1. The zero-order valence-corrected chi connectivity index (χ0v) is 10.1. The molecule has 0 saturated carbocycles. The van der Waals surface area contributed by atoms with Crippen LogP contribution in [0.3, 0.4) is 0 Å². The minimum atomic E-state index is -0.200. The average molecular weight is 242 g/mol. The molecule has 1 saturated heterocycles. The molecule has 0 unspecified atom stereocenters. The van der Waals surface area contributed by atoms with Crippen LogP contribution in [-0.2, 0) is 6.54 Å². The van der Waals surface area contributed by atoms with Crippen LogP contribution in [0.1, 0.15) is 12.0 Å². The number of nitrogens with zero attached hydrogens (tertiary/aromatic N) is 1. The highest BCUT2D eigenvalue weighted by atomic mass is 35.5. The lowest BCUT2D eigenvalue weighted by Crippen LogP contribution is -2.22. The van der Waals surface area contributed by atoms with Gasteiger partial charge in [0.2, 0.25) is 0 Å². The first kappa shape index (κ1) is 11.7. The second kappa shape index (κ2) is 5.04. The molecule has 1 atom stereocenters. The first-order valence-corrected chi connectivity index (χ1v) is 5.80. The van der Waals surface area contributed by atoms with Crippen LogP contribution >= 0.6 is 11.6 Å². The second-order valence-corrected chi connectivity index (χ2v) is 4.51. The molecule has 0 aromatic heterocycles.